The molecule has 7 nitrogen and oxygen atoms in total. The van der Waals surface area contributed by atoms with Gasteiger partial charge in [0.25, 0.3) is 5.91 Å². The molecule has 2 aromatic rings. The predicted octanol–water partition coefficient (Wildman–Crippen LogP) is 1.33. The van der Waals surface area contributed by atoms with Crippen LogP contribution < -0.4 is 16.5 Å². The van der Waals surface area contributed by atoms with Crippen LogP contribution in [0.25, 0.3) is 0 Å². The molecule has 0 spiro atoms. The van der Waals surface area contributed by atoms with Crippen LogP contribution in [0.5, 0.6) is 0 Å². The number of nitrogens with zero attached hydrogens (tertiary/aromatic N) is 1. The summed E-state index contributed by atoms with van der Waals surface area (Å²) in [4.78, 5) is 34.2. The Morgan fingerprint density at radius 3 is 2.39 bits per heavy atom. The number of anilines is 1. The molecular formula is C15H14N4O3S. The van der Waals surface area contributed by atoms with Crippen molar-refractivity contribution >= 4 is 40.5 Å². The van der Waals surface area contributed by atoms with Crippen molar-refractivity contribution in [2.24, 2.45) is 10.8 Å². The van der Waals surface area contributed by atoms with Gasteiger partial charge in [0, 0.05) is 5.69 Å². The van der Waals surface area contributed by atoms with Gasteiger partial charge in [0.05, 0.1) is 10.6 Å². The third-order valence-corrected chi connectivity index (χ3v) is 3.72. The molecule has 0 bridgehead atoms. The van der Waals surface area contributed by atoms with Crippen LogP contribution in [0.15, 0.2) is 46.9 Å². The molecule has 0 fully saturated rings. The van der Waals surface area contributed by atoms with Gasteiger partial charge >= 0.3 is 11.8 Å². The second-order valence-electron chi connectivity index (χ2n) is 4.51. The minimum Gasteiger partial charge on any atom is -0.361 e. The highest BCUT2D eigenvalue weighted by Gasteiger charge is 2.08. The third kappa shape index (κ3) is 4.48. The fourth-order valence-electron chi connectivity index (χ4n) is 1.65. The zero-order valence-electron chi connectivity index (χ0n) is 12.2. The van der Waals surface area contributed by atoms with E-state index in [1.165, 1.54) is 11.3 Å². The van der Waals surface area contributed by atoms with Crippen molar-refractivity contribution in [1.29, 1.82) is 0 Å². The Kier molecular flexibility index (Phi) is 5.21. The molecule has 0 atom stereocenters. The van der Waals surface area contributed by atoms with Crippen LogP contribution in [0.4, 0.5) is 5.69 Å². The summed E-state index contributed by atoms with van der Waals surface area (Å²) in [5, 5.41) is 8.39. The minimum atomic E-state index is -1.10. The summed E-state index contributed by atoms with van der Waals surface area (Å²) in [6.07, 6.45) is 0. The van der Waals surface area contributed by atoms with Crippen molar-refractivity contribution in [3.8, 4) is 0 Å². The maximum Gasteiger partial charge on any atom is 0.329 e. The number of rotatable bonds is 4. The number of hydrogen-bond donors (Lipinski definition) is 3. The van der Waals surface area contributed by atoms with Gasteiger partial charge in [-0.25, -0.2) is 5.43 Å². The van der Waals surface area contributed by atoms with Gasteiger partial charge in [0.15, 0.2) is 0 Å². The van der Waals surface area contributed by atoms with Crippen LogP contribution in [0.1, 0.15) is 22.2 Å². The molecule has 0 radical (unpaired) electrons. The maximum absolute atomic E-state index is 11.9. The van der Waals surface area contributed by atoms with Crippen molar-refractivity contribution in [3.63, 3.8) is 0 Å². The Labute approximate surface area is 136 Å². The number of primary amides is 1. The number of nitrogens with two attached hydrogens (primary N) is 1. The van der Waals surface area contributed by atoms with E-state index >= 15 is 0 Å². The summed E-state index contributed by atoms with van der Waals surface area (Å²) < 4.78 is 0. The van der Waals surface area contributed by atoms with Gasteiger partial charge < -0.3 is 11.1 Å². The molecule has 1 aromatic heterocycles. The highest BCUT2D eigenvalue weighted by molar-refractivity contribution is 7.12. The van der Waals surface area contributed by atoms with Crippen LogP contribution >= 0.6 is 11.3 Å². The number of benzene rings is 1. The predicted molar refractivity (Wildman–Crippen MR) is 88.3 cm³/mol. The first-order valence-electron chi connectivity index (χ1n) is 6.56. The average molecular weight is 330 g/mol. The van der Waals surface area contributed by atoms with Crippen molar-refractivity contribution in [2.75, 3.05) is 5.32 Å². The lowest BCUT2D eigenvalue weighted by Crippen LogP contribution is -2.33. The summed E-state index contributed by atoms with van der Waals surface area (Å²) in [6.45, 7) is 1.67. The number of nitrogens with one attached hydrogen (secondary N) is 2. The molecule has 2 rings (SSSR count). The Hall–Kier alpha value is -3.00. The molecule has 4 N–H and O–H groups in total. The molecule has 0 aliphatic carbocycles. The van der Waals surface area contributed by atoms with E-state index < -0.39 is 11.8 Å². The maximum atomic E-state index is 11.9. The second kappa shape index (κ2) is 7.32. The first-order chi connectivity index (χ1) is 11.0. The molecule has 0 unspecified atom stereocenters. The van der Waals surface area contributed by atoms with Crippen LogP contribution in [-0.4, -0.2) is 23.4 Å². The second-order valence-corrected chi connectivity index (χ2v) is 5.46. The standard InChI is InChI=1S/C15H14N4O3S/c1-9(18-19-15(22)13(16)20)10-4-6-11(7-5-10)17-14(21)12-3-2-8-23-12/h2-8H,1H3,(H2,16,20)(H,17,21)(H,19,22)/b18-9+. The summed E-state index contributed by atoms with van der Waals surface area (Å²) in [5.74, 6) is -2.26. The molecule has 0 aliphatic heterocycles. The normalized spacial score (nSPS) is 10.9. The highest BCUT2D eigenvalue weighted by atomic mass is 32.1. The smallest absolute Gasteiger partial charge is 0.329 e. The van der Waals surface area contributed by atoms with E-state index in [0.29, 0.717) is 16.3 Å². The van der Waals surface area contributed by atoms with E-state index in [-0.39, 0.29) is 5.91 Å². The zero-order valence-corrected chi connectivity index (χ0v) is 13.0. The first-order valence-corrected chi connectivity index (χ1v) is 7.44. The Bertz CT molecular complexity index is 752. The van der Waals surface area contributed by atoms with Crippen molar-refractivity contribution in [1.82, 2.24) is 5.43 Å². The number of hydrazone groups is 1. The van der Waals surface area contributed by atoms with E-state index in [0.717, 1.165) is 5.56 Å². The van der Waals surface area contributed by atoms with E-state index in [4.69, 9.17) is 5.73 Å². The van der Waals surface area contributed by atoms with Crippen molar-refractivity contribution in [3.05, 3.63) is 52.2 Å². The van der Waals surface area contributed by atoms with Gasteiger partial charge in [0.2, 0.25) is 0 Å². The minimum absolute atomic E-state index is 0.174. The largest absolute Gasteiger partial charge is 0.361 e. The zero-order chi connectivity index (χ0) is 16.8. The quantitative estimate of drug-likeness (QED) is 0.446. The molecule has 1 heterocycles. The fourth-order valence-corrected chi connectivity index (χ4v) is 2.27. The Morgan fingerprint density at radius 2 is 1.83 bits per heavy atom. The van der Waals surface area contributed by atoms with Crippen molar-refractivity contribution < 1.29 is 14.4 Å². The average Bonchev–Trinajstić information content (AvgIpc) is 3.07. The molecular weight excluding hydrogens is 316 g/mol. The van der Waals surface area contributed by atoms with Gasteiger partial charge in [0.1, 0.15) is 0 Å². The Morgan fingerprint density at radius 1 is 1.13 bits per heavy atom. The summed E-state index contributed by atoms with van der Waals surface area (Å²) in [5.41, 5.74) is 8.72. The van der Waals surface area contributed by atoms with Crippen LogP contribution in [0, 0.1) is 0 Å². The van der Waals surface area contributed by atoms with Crippen molar-refractivity contribution in [2.45, 2.75) is 6.92 Å². The molecule has 23 heavy (non-hydrogen) atoms. The molecule has 0 aliphatic rings. The fraction of sp³-hybridized carbons (Fsp3) is 0.0667. The number of carbonyl (C=O) groups is 3. The van der Waals surface area contributed by atoms with Crippen LogP contribution in [0.3, 0.4) is 0 Å². The molecule has 118 valence electrons. The SMILES string of the molecule is C/C(=N\NC(=O)C(N)=O)c1ccc(NC(=O)c2cccs2)cc1. The lowest BCUT2D eigenvalue weighted by Gasteiger charge is -2.06. The molecule has 1 aromatic carbocycles. The van der Waals surface area contributed by atoms with Crippen LogP contribution in [0.2, 0.25) is 0 Å². The number of hydrogen-bond acceptors (Lipinski definition) is 5. The summed E-state index contributed by atoms with van der Waals surface area (Å²) in [6, 6.07) is 10.5. The lowest BCUT2D eigenvalue weighted by atomic mass is 10.1. The molecule has 0 saturated carbocycles. The molecule has 3 amide bonds. The summed E-state index contributed by atoms with van der Waals surface area (Å²) in [7, 11) is 0. The van der Waals surface area contributed by atoms with Crippen LogP contribution in [-0.2, 0) is 9.59 Å². The summed E-state index contributed by atoms with van der Waals surface area (Å²) >= 11 is 1.36. The van der Waals surface area contributed by atoms with Gasteiger partial charge in [-0.1, -0.05) is 18.2 Å². The number of carbonyl (C=O) groups excluding carboxylic acids is 3. The molecule has 0 saturated heterocycles. The monoisotopic (exact) mass is 330 g/mol. The highest BCUT2D eigenvalue weighted by Crippen LogP contribution is 2.14. The molecule has 8 heteroatoms. The topological polar surface area (TPSA) is 114 Å². The lowest BCUT2D eigenvalue weighted by molar-refractivity contribution is -0.137. The van der Waals surface area contributed by atoms with Gasteiger partial charge in [-0.15, -0.1) is 11.3 Å². The van der Waals surface area contributed by atoms with E-state index in [9.17, 15) is 14.4 Å². The van der Waals surface area contributed by atoms with Gasteiger partial charge in [-0.05, 0) is 36.1 Å². The number of amides is 3. The number of thiophene rings is 1. The van der Waals surface area contributed by atoms with Gasteiger partial charge in [-0.2, -0.15) is 5.10 Å². The van der Waals surface area contributed by atoms with E-state index in [2.05, 4.69) is 15.8 Å². The first kappa shape index (κ1) is 16.4. The van der Waals surface area contributed by atoms with Gasteiger partial charge in [-0.3, -0.25) is 14.4 Å². The van der Waals surface area contributed by atoms with E-state index in [1.807, 2.05) is 11.4 Å². The third-order valence-electron chi connectivity index (χ3n) is 2.85. The Balaban J connectivity index is 2.01. The van der Waals surface area contributed by atoms with E-state index in [1.54, 1.807) is 37.3 Å².